The van der Waals surface area contributed by atoms with Gasteiger partial charge in [0.2, 0.25) is 16.9 Å². The van der Waals surface area contributed by atoms with Gasteiger partial charge in [0.1, 0.15) is 0 Å². The Morgan fingerprint density at radius 2 is 2.11 bits per heavy atom. The molecule has 0 spiro atoms. The molecule has 1 fully saturated rings. The minimum absolute atomic E-state index is 0.0491. The van der Waals surface area contributed by atoms with Crippen LogP contribution in [-0.2, 0) is 15.3 Å². The Hall–Kier alpha value is -1.75. The molecule has 1 aliphatic rings. The molecule has 0 saturated carbocycles. The molecule has 0 aliphatic carbocycles. The smallest absolute Gasteiger partial charge is 0.231 e. The van der Waals surface area contributed by atoms with Crippen LogP contribution in [0.25, 0.3) is 0 Å². The quantitative estimate of drug-likeness (QED) is 0.398. The van der Waals surface area contributed by atoms with Crippen LogP contribution in [0.2, 0.25) is 0 Å². The maximum atomic E-state index is 12.6. The number of carbonyl (C=O) groups excluding carboxylic acids is 2. The van der Waals surface area contributed by atoms with Crippen LogP contribution in [0, 0.1) is 5.92 Å². The molecule has 0 radical (unpaired) electrons. The molecule has 0 bridgehead atoms. The molecule has 1 saturated heterocycles. The van der Waals surface area contributed by atoms with Crippen LogP contribution in [-0.4, -0.2) is 28.6 Å². The van der Waals surface area contributed by atoms with Crippen molar-refractivity contribution < 1.29 is 9.59 Å². The highest BCUT2D eigenvalue weighted by Crippen LogP contribution is 2.31. The van der Waals surface area contributed by atoms with Crippen molar-refractivity contribution in [1.82, 2.24) is 10.2 Å². The van der Waals surface area contributed by atoms with Crippen LogP contribution in [0.4, 0.5) is 10.8 Å². The van der Waals surface area contributed by atoms with Gasteiger partial charge >= 0.3 is 0 Å². The van der Waals surface area contributed by atoms with Crippen LogP contribution >= 0.6 is 50.4 Å². The van der Waals surface area contributed by atoms with E-state index in [0.29, 0.717) is 11.7 Å². The molecule has 1 N–H and O–H groups in total. The van der Waals surface area contributed by atoms with Crippen molar-refractivity contribution in [3.05, 3.63) is 51.1 Å². The third-order valence-electron chi connectivity index (χ3n) is 4.19. The lowest BCUT2D eigenvalue weighted by atomic mass is 10.1. The average Bonchev–Trinajstić information content (AvgIpc) is 3.42. The Balaban J connectivity index is 1.34. The van der Waals surface area contributed by atoms with E-state index in [9.17, 15) is 9.59 Å². The first kappa shape index (κ1) is 19.6. The van der Waals surface area contributed by atoms with Crippen molar-refractivity contribution in [2.24, 2.45) is 5.92 Å². The van der Waals surface area contributed by atoms with E-state index in [2.05, 4.69) is 37.5 Å². The van der Waals surface area contributed by atoms with Crippen molar-refractivity contribution in [2.45, 2.75) is 16.5 Å². The van der Waals surface area contributed by atoms with E-state index in [1.54, 1.807) is 28.0 Å². The molecule has 4 rings (SSSR count). The number of halogens is 1. The van der Waals surface area contributed by atoms with E-state index < -0.39 is 5.92 Å². The second-order valence-corrected chi connectivity index (χ2v) is 10.3. The molecule has 144 valence electrons. The number of carbonyl (C=O) groups is 2. The topological polar surface area (TPSA) is 75.2 Å². The molecule has 3 aromatic rings. The van der Waals surface area contributed by atoms with Gasteiger partial charge in [-0.2, -0.15) is 0 Å². The summed E-state index contributed by atoms with van der Waals surface area (Å²) < 4.78 is 1.75. The summed E-state index contributed by atoms with van der Waals surface area (Å²) in [6, 6.07) is 11.6. The molecule has 3 heterocycles. The van der Waals surface area contributed by atoms with Crippen molar-refractivity contribution in [3.63, 3.8) is 0 Å². The molecule has 28 heavy (non-hydrogen) atoms. The third kappa shape index (κ3) is 4.62. The van der Waals surface area contributed by atoms with Gasteiger partial charge in [0, 0.05) is 33.8 Å². The van der Waals surface area contributed by atoms with Gasteiger partial charge in [-0.05, 0) is 35.7 Å². The lowest BCUT2D eigenvalue weighted by Gasteiger charge is -2.16. The monoisotopic (exact) mass is 494 g/mol. The highest BCUT2D eigenvalue weighted by Gasteiger charge is 2.35. The molecule has 1 aliphatic heterocycles. The fourth-order valence-electron chi connectivity index (χ4n) is 2.81. The normalized spacial score (nSPS) is 16.5. The Morgan fingerprint density at radius 3 is 2.86 bits per heavy atom. The highest BCUT2D eigenvalue weighted by molar-refractivity contribution is 9.10. The molecule has 2 amide bonds. The Bertz CT molecular complexity index is 975. The fraction of sp³-hybridized carbons (Fsp3) is 0.222. The number of amides is 2. The van der Waals surface area contributed by atoms with Crippen molar-refractivity contribution in [1.29, 1.82) is 0 Å². The highest BCUT2D eigenvalue weighted by atomic mass is 79.9. The molecule has 1 aromatic carbocycles. The van der Waals surface area contributed by atoms with Crippen LogP contribution in [0.1, 0.15) is 11.3 Å². The standard InChI is InChI=1S/C18H15BrN4O2S3/c19-12-3-5-13(6-4-12)23-9-11(8-15(23)24)16(25)20-17-21-22-18(28-17)27-10-14-2-1-7-26-14/h1-7,11H,8-10H2,(H,20,21,25). The number of thiophene rings is 1. The first-order chi connectivity index (χ1) is 13.6. The number of aromatic nitrogens is 2. The average molecular weight is 495 g/mol. The van der Waals surface area contributed by atoms with Gasteiger partial charge < -0.3 is 10.2 Å². The second-order valence-electron chi connectivity index (χ2n) is 6.11. The fourth-order valence-corrected chi connectivity index (χ4v) is 5.60. The van der Waals surface area contributed by atoms with Gasteiger partial charge in [-0.1, -0.05) is 45.1 Å². The third-order valence-corrected chi connectivity index (χ3v) is 7.80. The second kappa shape index (κ2) is 8.73. The summed E-state index contributed by atoms with van der Waals surface area (Å²) >= 11 is 8.03. The molecule has 1 unspecified atom stereocenters. The van der Waals surface area contributed by atoms with Crippen LogP contribution in [0.3, 0.4) is 0 Å². The zero-order valence-corrected chi connectivity index (χ0v) is 18.5. The predicted octanol–water partition coefficient (Wildman–Crippen LogP) is 4.65. The summed E-state index contributed by atoms with van der Waals surface area (Å²) in [5, 5.41) is 13.5. The Labute approximate surface area is 182 Å². The minimum Gasteiger partial charge on any atom is -0.312 e. The van der Waals surface area contributed by atoms with Gasteiger partial charge in [0.05, 0.1) is 5.92 Å². The molecule has 10 heteroatoms. The van der Waals surface area contributed by atoms with Gasteiger partial charge in [-0.15, -0.1) is 21.5 Å². The van der Waals surface area contributed by atoms with Crippen molar-refractivity contribution in [3.8, 4) is 0 Å². The van der Waals surface area contributed by atoms with Gasteiger partial charge in [-0.3, -0.25) is 9.59 Å². The van der Waals surface area contributed by atoms with Crippen molar-refractivity contribution >= 4 is 73.0 Å². The molecular weight excluding hydrogens is 480 g/mol. The van der Waals surface area contributed by atoms with E-state index in [1.165, 1.54) is 16.2 Å². The minimum atomic E-state index is -0.401. The van der Waals surface area contributed by atoms with E-state index in [-0.39, 0.29) is 18.2 Å². The van der Waals surface area contributed by atoms with Crippen LogP contribution in [0.5, 0.6) is 0 Å². The number of benzene rings is 1. The number of nitrogens with zero attached hydrogens (tertiary/aromatic N) is 3. The summed E-state index contributed by atoms with van der Waals surface area (Å²) in [4.78, 5) is 27.8. The Kier molecular flexibility index (Phi) is 6.10. The van der Waals surface area contributed by atoms with E-state index in [0.717, 1.165) is 20.3 Å². The van der Waals surface area contributed by atoms with E-state index in [4.69, 9.17) is 0 Å². The summed E-state index contributed by atoms with van der Waals surface area (Å²) in [5.41, 5.74) is 0.798. The number of hydrogen-bond acceptors (Lipinski definition) is 7. The largest absolute Gasteiger partial charge is 0.312 e. The van der Waals surface area contributed by atoms with Gasteiger partial charge in [0.15, 0.2) is 4.34 Å². The van der Waals surface area contributed by atoms with Gasteiger partial charge in [0.25, 0.3) is 0 Å². The molecule has 1 atom stereocenters. The number of rotatable bonds is 6. The molecular formula is C18H15BrN4O2S3. The predicted molar refractivity (Wildman–Crippen MR) is 117 cm³/mol. The zero-order valence-electron chi connectivity index (χ0n) is 14.5. The van der Waals surface area contributed by atoms with Crippen molar-refractivity contribution in [2.75, 3.05) is 16.8 Å². The van der Waals surface area contributed by atoms with Crippen LogP contribution in [0.15, 0.2) is 50.6 Å². The molecule has 6 nitrogen and oxygen atoms in total. The summed E-state index contributed by atoms with van der Waals surface area (Å²) in [6.07, 6.45) is 0.195. The first-order valence-corrected chi connectivity index (χ1v) is 11.9. The number of hydrogen-bond donors (Lipinski definition) is 1. The number of nitrogens with one attached hydrogen (secondary N) is 1. The van der Waals surface area contributed by atoms with E-state index in [1.807, 2.05) is 35.7 Å². The molecule has 2 aromatic heterocycles. The lowest BCUT2D eigenvalue weighted by molar-refractivity contribution is -0.122. The lowest BCUT2D eigenvalue weighted by Crippen LogP contribution is -2.28. The maximum Gasteiger partial charge on any atom is 0.231 e. The SMILES string of the molecule is O=C(Nc1nnc(SCc2cccs2)s1)C1CC(=O)N(c2ccc(Br)cc2)C1. The van der Waals surface area contributed by atoms with E-state index >= 15 is 0 Å². The number of anilines is 2. The number of thioether (sulfide) groups is 1. The zero-order chi connectivity index (χ0) is 19.5. The maximum absolute atomic E-state index is 12.6. The Morgan fingerprint density at radius 1 is 1.29 bits per heavy atom. The van der Waals surface area contributed by atoms with Gasteiger partial charge in [-0.25, -0.2) is 0 Å². The summed E-state index contributed by atoms with van der Waals surface area (Å²) in [6.45, 7) is 0.366. The van der Waals surface area contributed by atoms with Crippen LogP contribution < -0.4 is 10.2 Å². The summed E-state index contributed by atoms with van der Waals surface area (Å²) in [5.74, 6) is 0.188. The summed E-state index contributed by atoms with van der Waals surface area (Å²) in [7, 11) is 0. The first-order valence-electron chi connectivity index (χ1n) is 8.44.